The molecule has 0 spiro atoms. The number of carbonyl (C=O) groups excluding carboxylic acids is 1. The number of fused-ring (bicyclic) bond motifs is 1. The quantitative estimate of drug-likeness (QED) is 0.850. The standard InChI is InChI=1S/C15H21N3O/c19-15-13(7-1-2-9-17-15)18-12-8-3-5-11-6-4-10-16-14(11)12/h4,6,10,12-13,18H,1-3,5,7-9H2,(H,17,19). The van der Waals surface area contributed by atoms with E-state index in [-0.39, 0.29) is 18.0 Å². The lowest BCUT2D eigenvalue weighted by molar-refractivity contribution is -0.123. The summed E-state index contributed by atoms with van der Waals surface area (Å²) >= 11 is 0. The Morgan fingerprint density at radius 2 is 2.11 bits per heavy atom. The fourth-order valence-electron chi connectivity index (χ4n) is 3.11. The van der Waals surface area contributed by atoms with E-state index in [2.05, 4.69) is 21.7 Å². The highest BCUT2D eigenvalue weighted by Crippen LogP contribution is 2.28. The van der Waals surface area contributed by atoms with Crippen molar-refractivity contribution in [2.75, 3.05) is 6.54 Å². The van der Waals surface area contributed by atoms with Crippen molar-refractivity contribution in [1.82, 2.24) is 15.6 Å². The van der Waals surface area contributed by atoms with Gasteiger partial charge in [-0.3, -0.25) is 15.1 Å². The molecule has 1 amide bonds. The normalized spacial score (nSPS) is 27.3. The second kappa shape index (κ2) is 5.70. The SMILES string of the molecule is O=C1NCCCCC1NC1CCCc2cccnc21. The maximum Gasteiger partial charge on any atom is 0.237 e. The van der Waals surface area contributed by atoms with Gasteiger partial charge in [0.2, 0.25) is 5.91 Å². The maximum atomic E-state index is 12.0. The molecule has 4 nitrogen and oxygen atoms in total. The van der Waals surface area contributed by atoms with Crippen molar-refractivity contribution < 1.29 is 4.79 Å². The molecule has 0 radical (unpaired) electrons. The third-order valence-corrected chi connectivity index (χ3v) is 4.13. The molecule has 1 saturated heterocycles. The number of nitrogens with zero attached hydrogens (tertiary/aromatic N) is 1. The van der Waals surface area contributed by atoms with E-state index in [0.717, 1.165) is 44.3 Å². The monoisotopic (exact) mass is 259 g/mol. The molecule has 0 aromatic carbocycles. The molecule has 4 heteroatoms. The van der Waals surface area contributed by atoms with Gasteiger partial charge in [0.15, 0.2) is 0 Å². The van der Waals surface area contributed by atoms with Crippen LogP contribution in [0, 0.1) is 0 Å². The fourth-order valence-corrected chi connectivity index (χ4v) is 3.11. The molecule has 3 rings (SSSR count). The Labute approximate surface area is 114 Å². The van der Waals surface area contributed by atoms with Gasteiger partial charge in [0, 0.05) is 12.7 Å². The molecule has 102 valence electrons. The van der Waals surface area contributed by atoms with Crippen molar-refractivity contribution in [3.63, 3.8) is 0 Å². The summed E-state index contributed by atoms with van der Waals surface area (Å²) in [5.74, 6) is 0.153. The summed E-state index contributed by atoms with van der Waals surface area (Å²) in [6, 6.07) is 4.34. The largest absolute Gasteiger partial charge is 0.355 e. The molecule has 1 aliphatic heterocycles. The zero-order valence-corrected chi connectivity index (χ0v) is 11.2. The van der Waals surface area contributed by atoms with Crippen LogP contribution in [0.5, 0.6) is 0 Å². The van der Waals surface area contributed by atoms with Gasteiger partial charge in [0.25, 0.3) is 0 Å². The second-order valence-corrected chi connectivity index (χ2v) is 5.50. The van der Waals surface area contributed by atoms with E-state index in [1.54, 1.807) is 0 Å². The molecule has 1 fully saturated rings. The van der Waals surface area contributed by atoms with Crippen LogP contribution < -0.4 is 10.6 Å². The van der Waals surface area contributed by atoms with E-state index in [1.165, 1.54) is 12.0 Å². The molecule has 2 unspecified atom stereocenters. The zero-order chi connectivity index (χ0) is 13.1. The smallest absolute Gasteiger partial charge is 0.237 e. The third-order valence-electron chi connectivity index (χ3n) is 4.13. The van der Waals surface area contributed by atoms with Crippen LogP contribution >= 0.6 is 0 Å². The molecule has 2 N–H and O–H groups in total. The first-order valence-corrected chi connectivity index (χ1v) is 7.32. The summed E-state index contributed by atoms with van der Waals surface area (Å²) in [6.45, 7) is 0.816. The van der Waals surface area contributed by atoms with Gasteiger partial charge in [-0.15, -0.1) is 0 Å². The Hall–Kier alpha value is -1.42. The first kappa shape index (κ1) is 12.6. The third kappa shape index (κ3) is 2.78. The van der Waals surface area contributed by atoms with E-state index in [1.807, 2.05) is 12.3 Å². The van der Waals surface area contributed by atoms with Gasteiger partial charge in [-0.2, -0.15) is 0 Å². The molecule has 19 heavy (non-hydrogen) atoms. The van der Waals surface area contributed by atoms with Crippen molar-refractivity contribution in [3.05, 3.63) is 29.6 Å². The van der Waals surface area contributed by atoms with Crippen molar-refractivity contribution in [2.24, 2.45) is 0 Å². The van der Waals surface area contributed by atoms with E-state index >= 15 is 0 Å². The zero-order valence-electron chi connectivity index (χ0n) is 11.2. The van der Waals surface area contributed by atoms with Gasteiger partial charge < -0.3 is 5.32 Å². The molecular formula is C15H21N3O. The minimum Gasteiger partial charge on any atom is -0.355 e. The number of hydrogen-bond donors (Lipinski definition) is 2. The molecule has 1 aromatic rings. The lowest BCUT2D eigenvalue weighted by atomic mass is 9.91. The topological polar surface area (TPSA) is 54.0 Å². The van der Waals surface area contributed by atoms with Crippen LogP contribution in [0.15, 0.2) is 18.3 Å². The minimum absolute atomic E-state index is 0.0551. The number of aromatic nitrogens is 1. The number of amides is 1. The summed E-state index contributed by atoms with van der Waals surface area (Å²) in [4.78, 5) is 16.5. The molecule has 1 aliphatic carbocycles. The highest BCUT2D eigenvalue weighted by atomic mass is 16.2. The van der Waals surface area contributed by atoms with Gasteiger partial charge in [-0.1, -0.05) is 6.07 Å². The van der Waals surface area contributed by atoms with Crippen LogP contribution in [0.4, 0.5) is 0 Å². The number of nitrogens with one attached hydrogen (secondary N) is 2. The highest BCUT2D eigenvalue weighted by molar-refractivity contribution is 5.81. The number of aryl methyl sites for hydroxylation is 1. The van der Waals surface area contributed by atoms with Gasteiger partial charge >= 0.3 is 0 Å². The van der Waals surface area contributed by atoms with Crippen LogP contribution in [0.2, 0.25) is 0 Å². The summed E-state index contributed by atoms with van der Waals surface area (Å²) in [5, 5.41) is 6.52. The average molecular weight is 259 g/mol. The highest BCUT2D eigenvalue weighted by Gasteiger charge is 2.27. The minimum atomic E-state index is -0.0551. The van der Waals surface area contributed by atoms with E-state index in [9.17, 15) is 4.79 Å². The van der Waals surface area contributed by atoms with E-state index in [4.69, 9.17) is 0 Å². The lowest BCUT2D eigenvalue weighted by Crippen LogP contribution is -2.45. The number of pyridine rings is 1. The first-order valence-electron chi connectivity index (χ1n) is 7.32. The Morgan fingerprint density at radius 3 is 3.05 bits per heavy atom. The Balaban J connectivity index is 1.75. The molecule has 2 aliphatic rings. The van der Waals surface area contributed by atoms with E-state index < -0.39 is 0 Å². The van der Waals surface area contributed by atoms with Crippen molar-refractivity contribution in [2.45, 2.75) is 50.6 Å². The number of rotatable bonds is 2. The molecule has 1 aromatic heterocycles. The molecule has 0 saturated carbocycles. The van der Waals surface area contributed by atoms with Gasteiger partial charge in [-0.05, 0) is 50.2 Å². The Kier molecular flexibility index (Phi) is 3.78. The predicted molar refractivity (Wildman–Crippen MR) is 73.7 cm³/mol. The summed E-state index contributed by atoms with van der Waals surface area (Å²) in [7, 11) is 0. The van der Waals surface area contributed by atoms with E-state index in [0.29, 0.717) is 0 Å². The summed E-state index contributed by atoms with van der Waals surface area (Å²) < 4.78 is 0. The van der Waals surface area contributed by atoms with Crippen molar-refractivity contribution in [3.8, 4) is 0 Å². The van der Waals surface area contributed by atoms with Crippen LogP contribution in [0.25, 0.3) is 0 Å². The molecule has 0 bridgehead atoms. The van der Waals surface area contributed by atoms with Crippen LogP contribution in [0.1, 0.15) is 49.4 Å². The maximum absolute atomic E-state index is 12.0. The van der Waals surface area contributed by atoms with Crippen molar-refractivity contribution >= 4 is 5.91 Å². The van der Waals surface area contributed by atoms with Gasteiger partial charge in [-0.25, -0.2) is 0 Å². The summed E-state index contributed by atoms with van der Waals surface area (Å²) in [6.07, 6.45) is 8.34. The molecular weight excluding hydrogens is 238 g/mol. The second-order valence-electron chi connectivity index (χ2n) is 5.50. The van der Waals surface area contributed by atoms with Crippen LogP contribution in [0.3, 0.4) is 0 Å². The first-order chi connectivity index (χ1) is 9.34. The predicted octanol–water partition coefficient (Wildman–Crippen LogP) is 1.72. The van der Waals surface area contributed by atoms with Crippen LogP contribution in [-0.2, 0) is 11.2 Å². The number of carbonyl (C=O) groups is 1. The molecule has 2 heterocycles. The Morgan fingerprint density at radius 1 is 1.21 bits per heavy atom. The summed E-state index contributed by atoms with van der Waals surface area (Å²) in [5.41, 5.74) is 2.48. The lowest BCUT2D eigenvalue weighted by Gasteiger charge is -2.28. The van der Waals surface area contributed by atoms with Gasteiger partial charge in [0.05, 0.1) is 17.8 Å². The average Bonchev–Trinajstić information content (AvgIpc) is 2.65. The molecule has 2 atom stereocenters. The number of hydrogen-bond acceptors (Lipinski definition) is 3. The van der Waals surface area contributed by atoms with Crippen LogP contribution in [-0.4, -0.2) is 23.5 Å². The Bertz CT molecular complexity index is 460. The van der Waals surface area contributed by atoms with Crippen molar-refractivity contribution in [1.29, 1.82) is 0 Å². The fraction of sp³-hybridized carbons (Fsp3) is 0.600. The van der Waals surface area contributed by atoms with Gasteiger partial charge in [0.1, 0.15) is 0 Å².